The number of methoxy groups -OCH3 is 2. The van der Waals surface area contributed by atoms with Crippen LogP contribution < -0.4 is 0 Å². The van der Waals surface area contributed by atoms with Crippen molar-refractivity contribution in [3.8, 4) is 5.75 Å². The molecule has 0 radical (unpaired) electrons. The zero-order chi connectivity index (χ0) is 16.8. The number of hydrogen-bond acceptors (Lipinski definition) is 6. The number of hydrogen-bond donors (Lipinski definition) is 1. The van der Waals surface area contributed by atoms with Gasteiger partial charge in [-0.05, 0) is 36.4 Å². The normalized spacial score (nSPS) is 10.5. The summed E-state index contributed by atoms with van der Waals surface area (Å²) in [6.45, 7) is 0. The van der Waals surface area contributed by atoms with Crippen molar-refractivity contribution in [3.05, 3.63) is 59.2 Å². The molecule has 2 aromatic rings. The SMILES string of the molecule is COC(=O)c1cccc(C(=O)OC)c1C=Nc1ccc(O)cc1. The number of carbonyl (C=O) groups is 2. The average Bonchev–Trinajstić information content (AvgIpc) is 2.59. The number of rotatable bonds is 4. The monoisotopic (exact) mass is 313 g/mol. The smallest absolute Gasteiger partial charge is 0.338 e. The molecular formula is C17H15NO5. The molecule has 6 nitrogen and oxygen atoms in total. The Balaban J connectivity index is 2.50. The van der Waals surface area contributed by atoms with Gasteiger partial charge in [0.05, 0.1) is 31.0 Å². The topological polar surface area (TPSA) is 85.2 Å². The van der Waals surface area contributed by atoms with E-state index in [0.29, 0.717) is 11.3 Å². The quantitative estimate of drug-likeness (QED) is 0.693. The maximum Gasteiger partial charge on any atom is 0.338 e. The van der Waals surface area contributed by atoms with Gasteiger partial charge < -0.3 is 14.6 Å². The fourth-order valence-corrected chi connectivity index (χ4v) is 1.96. The van der Waals surface area contributed by atoms with Gasteiger partial charge in [-0.2, -0.15) is 0 Å². The third kappa shape index (κ3) is 3.74. The van der Waals surface area contributed by atoms with Gasteiger partial charge in [0, 0.05) is 11.8 Å². The van der Waals surface area contributed by atoms with Gasteiger partial charge in [0.15, 0.2) is 0 Å². The Bertz CT molecular complexity index is 716. The van der Waals surface area contributed by atoms with Gasteiger partial charge in [-0.15, -0.1) is 0 Å². The lowest BCUT2D eigenvalue weighted by atomic mass is 10.0. The van der Waals surface area contributed by atoms with Crippen LogP contribution in [0.5, 0.6) is 5.75 Å². The van der Waals surface area contributed by atoms with Crippen LogP contribution in [0.25, 0.3) is 0 Å². The highest BCUT2D eigenvalue weighted by Gasteiger charge is 2.18. The number of phenolic OH excluding ortho intramolecular Hbond substituents is 1. The van der Waals surface area contributed by atoms with E-state index in [-0.39, 0.29) is 16.9 Å². The van der Waals surface area contributed by atoms with Crippen LogP contribution in [0.1, 0.15) is 26.3 Å². The van der Waals surface area contributed by atoms with Gasteiger partial charge in [-0.1, -0.05) is 6.07 Å². The number of aromatic hydroxyl groups is 1. The molecule has 0 saturated carbocycles. The Morgan fingerprint density at radius 1 is 0.957 bits per heavy atom. The predicted molar refractivity (Wildman–Crippen MR) is 84.5 cm³/mol. The van der Waals surface area contributed by atoms with Crippen molar-refractivity contribution in [2.45, 2.75) is 0 Å². The molecular weight excluding hydrogens is 298 g/mol. The van der Waals surface area contributed by atoms with E-state index in [1.165, 1.54) is 44.7 Å². The van der Waals surface area contributed by atoms with Crippen LogP contribution in [0.4, 0.5) is 5.69 Å². The summed E-state index contributed by atoms with van der Waals surface area (Å²) in [6, 6.07) is 10.8. The van der Waals surface area contributed by atoms with Gasteiger partial charge in [0.25, 0.3) is 0 Å². The molecule has 0 heterocycles. The van der Waals surface area contributed by atoms with Crippen molar-refractivity contribution >= 4 is 23.8 Å². The van der Waals surface area contributed by atoms with E-state index in [4.69, 9.17) is 9.47 Å². The van der Waals surface area contributed by atoms with Crippen molar-refractivity contribution in [1.82, 2.24) is 0 Å². The zero-order valence-electron chi connectivity index (χ0n) is 12.6. The highest BCUT2D eigenvalue weighted by atomic mass is 16.5. The molecule has 2 rings (SSSR count). The van der Waals surface area contributed by atoms with E-state index < -0.39 is 11.9 Å². The highest BCUT2D eigenvalue weighted by Crippen LogP contribution is 2.19. The molecule has 118 valence electrons. The molecule has 0 aliphatic rings. The molecule has 0 aromatic heterocycles. The van der Waals surface area contributed by atoms with Gasteiger partial charge in [-0.3, -0.25) is 4.99 Å². The minimum atomic E-state index is -0.581. The molecule has 0 fully saturated rings. The molecule has 1 N–H and O–H groups in total. The maximum absolute atomic E-state index is 11.9. The van der Waals surface area contributed by atoms with Crippen molar-refractivity contribution in [2.24, 2.45) is 4.99 Å². The fraction of sp³-hybridized carbons (Fsp3) is 0.118. The second kappa shape index (κ2) is 7.22. The second-order valence-electron chi connectivity index (χ2n) is 4.52. The first-order chi connectivity index (χ1) is 11.1. The summed E-state index contributed by atoms with van der Waals surface area (Å²) in [5.41, 5.74) is 1.27. The molecule has 23 heavy (non-hydrogen) atoms. The number of aliphatic imine (C=N–C) groups is 1. The van der Waals surface area contributed by atoms with Gasteiger partial charge in [0.2, 0.25) is 0 Å². The van der Waals surface area contributed by atoms with E-state index >= 15 is 0 Å². The molecule has 6 heteroatoms. The Morgan fingerprint density at radius 2 is 1.48 bits per heavy atom. The number of phenols is 1. The number of ether oxygens (including phenoxy) is 2. The first kappa shape index (κ1) is 16.2. The van der Waals surface area contributed by atoms with Gasteiger partial charge in [-0.25, -0.2) is 9.59 Å². The third-order valence-corrected chi connectivity index (χ3v) is 3.11. The molecule has 0 aliphatic heterocycles. The maximum atomic E-state index is 11.9. The van der Waals surface area contributed by atoms with Crippen molar-refractivity contribution in [1.29, 1.82) is 0 Å². The Morgan fingerprint density at radius 3 is 1.96 bits per heavy atom. The first-order valence-electron chi connectivity index (χ1n) is 6.69. The number of benzene rings is 2. The van der Waals surface area contributed by atoms with E-state index in [1.807, 2.05) is 0 Å². The molecule has 0 unspecified atom stereocenters. The molecule has 0 aliphatic carbocycles. The number of nitrogens with zero attached hydrogens (tertiary/aromatic N) is 1. The van der Waals surface area contributed by atoms with Gasteiger partial charge in [0.1, 0.15) is 5.75 Å². The molecule has 0 saturated heterocycles. The summed E-state index contributed by atoms with van der Waals surface area (Å²) in [5, 5.41) is 9.27. The van der Waals surface area contributed by atoms with E-state index in [1.54, 1.807) is 18.2 Å². The fourth-order valence-electron chi connectivity index (χ4n) is 1.96. The summed E-state index contributed by atoms with van der Waals surface area (Å²) in [7, 11) is 2.52. The zero-order valence-corrected chi connectivity index (χ0v) is 12.6. The number of esters is 2. The van der Waals surface area contributed by atoms with Crippen molar-refractivity contribution in [2.75, 3.05) is 14.2 Å². The van der Waals surface area contributed by atoms with Crippen LogP contribution >= 0.6 is 0 Å². The first-order valence-corrected chi connectivity index (χ1v) is 6.69. The second-order valence-corrected chi connectivity index (χ2v) is 4.52. The van der Waals surface area contributed by atoms with Crippen LogP contribution in [0, 0.1) is 0 Å². The lowest BCUT2D eigenvalue weighted by molar-refractivity contribution is 0.0599. The van der Waals surface area contributed by atoms with Crippen LogP contribution in [0.3, 0.4) is 0 Å². The third-order valence-electron chi connectivity index (χ3n) is 3.11. The molecule has 2 aromatic carbocycles. The summed E-state index contributed by atoms with van der Waals surface area (Å²) in [5.74, 6) is -1.04. The largest absolute Gasteiger partial charge is 0.508 e. The Kier molecular flexibility index (Phi) is 5.09. The standard InChI is InChI=1S/C17H15NO5/c1-22-16(20)13-4-3-5-14(17(21)23-2)15(13)10-18-11-6-8-12(19)9-7-11/h3-10,19H,1-2H3. The lowest BCUT2D eigenvalue weighted by Crippen LogP contribution is -2.12. The van der Waals surface area contributed by atoms with Crippen LogP contribution in [0.15, 0.2) is 47.5 Å². The predicted octanol–water partition coefficient (Wildman–Crippen LogP) is 2.72. The summed E-state index contributed by atoms with van der Waals surface area (Å²) in [6.07, 6.45) is 1.39. The van der Waals surface area contributed by atoms with E-state index in [2.05, 4.69) is 4.99 Å². The van der Waals surface area contributed by atoms with E-state index in [0.717, 1.165) is 0 Å². The Hall–Kier alpha value is -3.15. The van der Waals surface area contributed by atoms with Crippen LogP contribution in [-0.2, 0) is 9.47 Å². The minimum absolute atomic E-state index is 0.120. The highest BCUT2D eigenvalue weighted by molar-refractivity contribution is 6.07. The van der Waals surface area contributed by atoms with Crippen LogP contribution in [-0.4, -0.2) is 37.5 Å². The average molecular weight is 313 g/mol. The number of carbonyl (C=O) groups excluding carboxylic acids is 2. The molecule has 0 bridgehead atoms. The summed E-state index contributed by atoms with van der Waals surface area (Å²) >= 11 is 0. The summed E-state index contributed by atoms with van der Waals surface area (Å²) in [4.78, 5) is 28.0. The summed E-state index contributed by atoms with van der Waals surface area (Å²) < 4.78 is 9.45. The van der Waals surface area contributed by atoms with Gasteiger partial charge >= 0.3 is 11.9 Å². The lowest BCUT2D eigenvalue weighted by Gasteiger charge is -2.08. The molecule has 0 atom stereocenters. The minimum Gasteiger partial charge on any atom is -0.508 e. The Labute approximate surface area is 133 Å². The van der Waals surface area contributed by atoms with E-state index in [9.17, 15) is 14.7 Å². The van der Waals surface area contributed by atoms with Crippen molar-refractivity contribution in [3.63, 3.8) is 0 Å². The van der Waals surface area contributed by atoms with Crippen LogP contribution in [0.2, 0.25) is 0 Å². The molecule has 0 spiro atoms. The molecule has 0 amide bonds. The van der Waals surface area contributed by atoms with Crippen molar-refractivity contribution < 1.29 is 24.2 Å².